The van der Waals surface area contributed by atoms with Gasteiger partial charge in [-0.15, -0.1) is 11.3 Å². The third-order valence-corrected chi connectivity index (χ3v) is 6.22. The minimum absolute atomic E-state index is 0.0207. The van der Waals surface area contributed by atoms with Crippen LogP contribution in [0, 0.1) is 0 Å². The fourth-order valence-corrected chi connectivity index (χ4v) is 4.53. The number of ether oxygens (including phenoxy) is 3. The molecule has 1 amide bonds. The molecular weight excluding hydrogens is 458 g/mol. The van der Waals surface area contributed by atoms with Crippen LogP contribution in [-0.2, 0) is 17.9 Å². The highest BCUT2D eigenvalue weighted by molar-refractivity contribution is 7.17. The first kappa shape index (κ1) is 23.1. The Morgan fingerprint density at radius 1 is 0.912 bits per heavy atom. The third-order valence-electron chi connectivity index (χ3n) is 5.33. The number of para-hydroxylation sites is 1. The zero-order chi connectivity index (χ0) is 24.2. The lowest BCUT2D eigenvalue weighted by atomic mass is 10.2. The minimum atomic E-state index is -0.579. The molecule has 0 aliphatic heterocycles. The van der Waals surface area contributed by atoms with Crippen LogP contribution in [0.25, 0.3) is 10.2 Å². The van der Waals surface area contributed by atoms with Crippen LogP contribution in [0.4, 0.5) is 5.69 Å². The number of benzene rings is 2. The number of nitrogens with one attached hydrogen (secondary N) is 1. The Labute approximate surface area is 198 Å². The van der Waals surface area contributed by atoms with Gasteiger partial charge < -0.3 is 19.5 Å². The number of hydrogen-bond acceptors (Lipinski definition) is 7. The van der Waals surface area contributed by atoms with Gasteiger partial charge in [-0.05, 0) is 29.6 Å². The molecule has 9 nitrogen and oxygen atoms in total. The number of nitrogens with zero attached hydrogens (tertiary/aromatic N) is 2. The normalized spacial score (nSPS) is 10.8. The van der Waals surface area contributed by atoms with Gasteiger partial charge in [0.05, 0.1) is 33.4 Å². The predicted molar refractivity (Wildman–Crippen MR) is 131 cm³/mol. The summed E-state index contributed by atoms with van der Waals surface area (Å²) in [6, 6.07) is 13.8. The van der Waals surface area contributed by atoms with Crippen molar-refractivity contribution in [3.05, 3.63) is 80.3 Å². The molecule has 0 unspecified atom stereocenters. The average Bonchev–Trinajstić information content (AvgIpc) is 3.34. The summed E-state index contributed by atoms with van der Waals surface area (Å²) >= 11 is 1.23. The summed E-state index contributed by atoms with van der Waals surface area (Å²) in [5.74, 6) is 1.13. The van der Waals surface area contributed by atoms with Crippen molar-refractivity contribution in [1.29, 1.82) is 0 Å². The molecule has 0 atom stereocenters. The van der Waals surface area contributed by atoms with Crippen LogP contribution in [0.3, 0.4) is 0 Å². The number of hydrogen-bond donors (Lipinski definition) is 1. The maximum absolute atomic E-state index is 13.4. The molecule has 0 radical (unpaired) electrons. The molecule has 0 saturated carbocycles. The quantitative estimate of drug-likeness (QED) is 0.415. The van der Waals surface area contributed by atoms with Crippen molar-refractivity contribution >= 4 is 33.1 Å². The van der Waals surface area contributed by atoms with Crippen molar-refractivity contribution in [3.8, 4) is 17.2 Å². The molecular formula is C24H23N3O6S. The Morgan fingerprint density at radius 3 is 2.38 bits per heavy atom. The number of thiophene rings is 1. The Balaban J connectivity index is 1.69. The van der Waals surface area contributed by atoms with Gasteiger partial charge in [-0.25, -0.2) is 4.79 Å². The van der Waals surface area contributed by atoms with E-state index < -0.39 is 17.2 Å². The first-order valence-electron chi connectivity index (χ1n) is 10.3. The van der Waals surface area contributed by atoms with E-state index >= 15 is 0 Å². The predicted octanol–water partition coefficient (Wildman–Crippen LogP) is 2.94. The SMILES string of the molecule is COc1ccccc1Cn1c(=O)c2sccc2n(CC(=O)Nc2ccc(OC)c(OC)c2)c1=O. The van der Waals surface area contributed by atoms with E-state index in [1.165, 1.54) is 37.2 Å². The first-order valence-corrected chi connectivity index (χ1v) is 11.2. The van der Waals surface area contributed by atoms with E-state index in [4.69, 9.17) is 14.2 Å². The summed E-state index contributed by atoms with van der Waals surface area (Å²) in [6.07, 6.45) is 0. The Bertz CT molecular complexity index is 1470. The second-order valence-corrected chi connectivity index (χ2v) is 8.24. The van der Waals surface area contributed by atoms with E-state index in [0.717, 1.165) is 4.57 Å². The summed E-state index contributed by atoms with van der Waals surface area (Å²) in [5.41, 5.74) is 0.599. The zero-order valence-corrected chi connectivity index (χ0v) is 19.7. The Morgan fingerprint density at radius 2 is 1.65 bits per heavy atom. The van der Waals surface area contributed by atoms with Crippen LogP contribution in [0.5, 0.6) is 17.2 Å². The molecule has 10 heteroatoms. The van der Waals surface area contributed by atoms with Gasteiger partial charge >= 0.3 is 5.69 Å². The van der Waals surface area contributed by atoms with Gasteiger partial charge in [0.1, 0.15) is 17.0 Å². The number of rotatable bonds is 8. The molecule has 176 valence electrons. The summed E-state index contributed by atoms with van der Waals surface area (Å²) < 4.78 is 18.7. The number of amides is 1. The summed E-state index contributed by atoms with van der Waals surface area (Å²) in [7, 11) is 4.55. The van der Waals surface area contributed by atoms with Gasteiger partial charge in [-0.1, -0.05) is 18.2 Å². The van der Waals surface area contributed by atoms with Crippen molar-refractivity contribution in [1.82, 2.24) is 9.13 Å². The average molecular weight is 482 g/mol. The number of methoxy groups -OCH3 is 3. The monoisotopic (exact) mass is 481 g/mol. The van der Waals surface area contributed by atoms with E-state index in [2.05, 4.69) is 5.32 Å². The van der Waals surface area contributed by atoms with Crippen molar-refractivity contribution in [3.63, 3.8) is 0 Å². The number of anilines is 1. The second-order valence-electron chi connectivity index (χ2n) is 7.32. The second kappa shape index (κ2) is 9.84. The van der Waals surface area contributed by atoms with Crippen LogP contribution < -0.4 is 30.8 Å². The number of carbonyl (C=O) groups excluding carboxylic acids is 1. The molecule has 0 aliphatic rings. The summed E-state index contributed by atoms with van der Waals surface area (Å²) in [5, 5.41) is 4.49. The smallest absolute Gasteiger partial charge is 0.332 e. The topological polar surface area (TPSA) is 101 Å². The molecule has 2 aromatic heterocycles. The Hall–Kier alpha value is -4.05. The van der Waals surface area contributed by atoms with Crippen molar-refractivity contribution in [2.45, 2.75) is 13.1 Å². The number of carbonyl (C=O) groups is 1. The van der Waals surface area contributed by atoms with Gasteiger partial charge in [-0.3, -0.25) is 18.7 Å². The van der Waals surface area contributed by atoms with Gasteiger partial charge in [0.25, 0.3) is 5.56 Å². The highest BCUT2D eigenvalue weighted by Crippen LogP contribution is 2.29. The first-order chi connectivity index (χ1) is 16.5. The highest BCUT2D eigenvalue weighted by Gasteiger charge is 2.18. The minimum Gasteiger partial charge on any atom is -0.496 e. The van der Waals surface area contributed by atoms with Gasteiger partial charge in [-0.2, -0.15) is 0 Å². The van der Waals surface area contributed by atoms with Crippen LogP contribution in [0.15, 0.2) is 63.5 Å². The van der Waals surface area contributed by atoms with E-state index in [-0.39, 0.29) is 13.1 Å². The lowest BCUT2D eigenvalue weighted by molar-refractivity contribution is -0.116. The van der Waals surface area contributed by atoms with E-state index in [0.29, 0.717) is 38.7 Å². The van der Waals surface area contributed by atoms with Crippen LogP contribution >= 0.6 is 11.3 Å². The highest BCUT2D eigenvalue weighted by atomic mass is 32.1. The van der Waals surface area contributed by atoms with Crippen LogP contribution in [0.1, 0.15) is 5.56 Å². The molecule has 2 heterocycles. The van der Waals surface area contributed by atoms with E-state index in [9.17, 15) is 14.4 Å². The molecule has 2 aromatic carbocycles. The fraction of sp³-hybridized carbons (Fsp3) is 0.208. The third kappa shape index (κ3) is 4.40. The van der Waals surface area contributed by atoms with E-state index in [1.54, 1.807) is 41.8 Å². The van der Waals surface area contributed by atoms with Gasteiger partial charge in [0.2, 0.25) is 5.91 Å². The molecule has 0 fully saturated rings. The van der Waals surface area contributed by atoms with Gasteiger partial charge in [0.15, 0.2) is 11.5 Å². The molecule has 0 bridgehead atoms. The maximum atomic E-state index is 13.4. The van der Waals surface area contributed by atoms with Crippen LogP contribution in [-0.4, -0.2) is 36.4 Å². The van der Waals surface area contributed by atoms with Gasteiger partial charge in [0, 0.05) is 17.3 Å². The lowest BCUT2D eigenvalue weighted by Crippen LogP contribution is -2.41. The standard InChI is InChI=1S/C24H23N3O6S/c1-31-18-7-5-4-6-15(18)13-27-23(29)22-17(10-11-34-22)26(24(27)30)14-21(28)25-16-8-9-19(32-2)20(12-16)33-3/h4-12H,13-14H2,1-3H3,(H,25,28). The molecule has 34 heavy (non-hydrogen) atoms. The molecule has 4 aromatic rings. The molecule has 0 aliphatic carbocycles. The zero-order valence-electron chi connectivity index (χ0n) is 18.9. The van der Waals surface area contributed by atoms with E-state index in [1.807, 2.05) is 12.1 Å². The fourth-order valence-electron chi connectivity index (χ4n) is 3.69. The number of fused-ring (bicyclic) bond motifs is 1. The Kier molecular flexibility index (Phi) is 6.69. The summed E-state index contributed by atoms with van der Waals surface area (Å²) in [6.45, 7) is -0.251. The molecule has 4 rings (SSSR count). The molecule has 0 spiro atoms. The van der Waals surface area contributed by atoms with Crippen molar-refractivity contribution < 1.29 is 19.0 Å². The lowest BCUT2D eigenvalue weighted by Gasteiger charge is -2.14. The van der Waals surface area contributed by atoms with Crippen molar-refractivity contribution in [2.75, 3.05) is 26.6 Å². The molecule has 1 N–H and O–H groups in total. The maximum Gasteiger partial charge on any atom is 0.332 e. The number of aromatic nitrogens is 2. The van der Waals surface area contributed by atoms with Crippen molar-refractivity contribution in [2.24, 2.45) is 0 Å². The largest absolute Gasteiger partial charge is 0.496 e. The molecule has 0 saturated heterocycles. The summed E-state index contributed by atoms with van der Waals surface area (Å²) in [4.78, 5) is 39.3. The van der Waals surface area contributed by atoms with Crippen LogP contribution in [0.2, 0.25) is 0 Å².